The fourth-order valence-corrected chi connectivity index (χ4v) is 3.01. The van der Waals surface area contributed by atoms with Gasteiger partial charge in [0.25, 0.3) is 5.95 Å². The van der Waals surface area contributed by atoms with Gasteiger partial charge in [0, 0.05) is 29.9 Å². The Hall–Kier alpha value is -3.53. The van der Waals surface area contributed by atoms with Crippen LogP contribution < -0.4 is 10.2 Å². The molecule has 0 aromatic carbocycles. The van der Waals surface area contributed by atoms with E-state index in [1.165, 1.54) is 23.0 Å². The third-order valence-corrected chi connectivity index (χ3v) is 4.08. The van der Waals surface area contributed by atoms with E-state index < -0.39 is 0 Å². The highest BCUT2D eigenvalue weighted by molar-refractivity contribution is 7.03. The highest BCUT2D eigenvalue weighted by Gasteiger charge is 2.40. The van der Waals surface area contributed by atoms with Crippen LogP contribution in [-0.4, -0.2) is 19.5 Å². The van der Waals surface area contributed by atoms with Crippen molar-refractivity contribution < 1.29 is 13.8 Å². The second-order valence-corrected chi connectivity index (χ2v) is 5.65. The van der Waals surface area contributed by atoms with Crippen molar-refractivity contribution >= 4 is 34.8 Å². The molecule has 10 heteroatoms. The number of H-pyrrole nitrogens is 1. The number of hydrazine groups is 1. The molecule has 0 amide bonds. The summed E-state index contributed by atoms with van der Waals surface area (Å²) in [5, 5.41) is 9.13. The Morgan fingerprint density at radius 1 is 1.12 bits per heavy atom. The maximum atomic E-state index is 6.07. The molecule has 0 saturated heterocycles. The zero-order valence-electron chi connectivity index (χ0n) is 12.6. The number of furan rings is 1. The molecule has 9 nitrogen and oxygen atoms in total. The fourth-order valence-electron chi connectivity index (χ4n) is 2.50. The molecule has 0 spiro atoms. The predicted octanol–water partition coefficient (Wildman–Crippen LogP) is 3.15. The topological polar surface area (TPSA) is 96.4 Å². The number of hydrogen-bond donors (Lipinski definition) is 1. The Kier molecular flexibility index (Phi) is 3.07. The molecule has 4 aromatic rings. The number of rotatable bonds is 4. The number of hydrogen-bond acceptors (Lipinski definition) is 9. The maximum absolute atomic E-state index is 6.07. The molecule has 5 heterocycles. The molecule has 5 rings (SSSR count). The van der Waals surface area contributed by atoms with Gasteiger partial charge in [-0.1, -0.05) is 10.3 Å². The van der Waals surface area contributed by atoms with Gasteiger partial charge in [-0.3, -0.25) is 0 Å². The van der Waals surface area contributed by atoms with Crippen LogP contribution in [0.5, 0.6) is 0 Å². The SMILES string of the molecule is c1coc(N2C(c3ccon3)=C(c3ccsn3)ON2c2ncc[nH]2)c1. The highest BCUT2D eigenvalue weighted by atomic mass is 32.1. The average molecular weight is 354 g/mol. The van der Waals surface area contributed by atoms with Gasteiger partial charge in [0.15, 0.2) is 0 Å². The van der Waals surface area contributed by atoms with Crippen LogP contribution in [0.1, 0.15) is 11.4 Å². The molecule has 1 aliphatic rings. The molecule has 0 saturated carbocycles. The van der Waals surface area contributed by atoms with E-state index in [-0.39, 0.29) is 0 Å². The summed E-state index contributed by atoms with van der Waals surface area (Å²) in [6, 6.07) is 7.21. The Morgan fingerprint density at radius 3 is 2.80 bits per heavy atom. The summed E-state index contributed by atoms with van der Waals surface area (Å²) in [6.07, 6.45) is 6.42. The molecule has 0 bridgehead atoms. The van der Waals surface area contributed by atoms with Crippen LogP contribution in [0.3, 0.4) is 0 Å². The molecule has 1 N–H and O–H groups in total. The van der Waals surface area contributed by atoms with Gasteiger partial charge in [-0.25, -0.2) is 4.98 Å². The van der Waals surface area contributed by atoms with E-state index in [1.807, 2.05) is 17.5 Å². The van der Waals surface area contributed by atoms with E-state index in [2.05, 4.69) is 19.5 Å². The zero-order chi connectivity index (χ0) is 16.6. The lowest BCUT2D eigenvalue weighted by Crippen LogP contribution is -2.36. The van der Waals surface area contributed by atoms with Gasteiger partial charge in [0.05, 0.1) is 6.26 Å². The number of aromatic nitrogens is 4. The lowest BCUT2D eigenvalue weighted by Gasteiger charge is -2.25. The van der Waals surface area contributed by atoms with Crippen molar-refractivity contribution in [2.75, 3.05) is 10.2 Å². The third-order valence-electron chi connectivity index (χ3n) is 3.52. The zero-order valence-corrected chi connectivity index (χ0v) is 13.4. The Bertz CT molecular complexity index is 977. The van der Waals surface area contributed by atoms with Crippen LogP contribution >= 0.6 is 11.5 Å². The summed E-state index contributed by atoms with van der Waals surface area (Å²) in [5.41, 5.74) is 1.88. The molecule has 25 heavy (non-hydrogen) atoms. The molecule has 0 fully saturated rings. The number of anilines is 2. The van der Waals surface area contributed by atoms with Crippen molar-refractivity contribution in [2.24, 2.45) is 0 Å². The van der Waals surface area contributed by atoms with Crippen LogP contribution in [0.15, 0.2) is 63.5 Å². The van der Waals surface area contributed by atoms with E-state index in [1.54, 1.807) is 35.8 Å². The van der Waals surface area contributed by atoms with E-state index in [4.69, 9.17) is 13.8 Å². The quantitative estimate of drug-likeness (QED) is 0.597. The van der Waals surface area contributed by atoms with Gasteiger partial charge < -0.3 is 18.8 Å². The minimum Gasteiger partial charge on any atom is -0.447 e. The largest absolute Gasteiger partial charge is 0.447 e. The van der Waals surface area contributed by atoms with Crippen molar-refractivity contribution in [2.45, 2.75) is 0 Å². The maximum Gasteiger partial charge on any atom is 0.261 e. The standard InChI is InChI=1S/C15H10N6O3S/c1-2-12(22-7-1)20-13(10-3-8-23-18-10)14(11-4-9-25-19-11)24-21(20)15-16-5-6-17-15/h1-9H,(H,16,17). The normalized spacial score (nSPS) is 14.4. The monoisotopic (exact) mass is 354 g/mol. The molecule has 0 unspecified atom stereocenters. The van der Waals surface area contributed by atoms with Gasteiger partial charge >= 0.3 is 0 Å². The molecule has 1 aliphatic heterocycles. The smallest absolute Gasteiger partial charge is 0.261 e. The van der Waals surface area contributed by atoms with Gasteiger partial charge in [0.1, 0.15) is 23.3 Å². The molecular weight excluding hydrogens is 344 g/mol. The number of nitrogens with zero attached hydrogens (tertiary/aromatic N) is 5. The van der Waals surface area contributed by atoms with Gasteiger partial charge in [0.2, 0.25) is 11.6 Å². The van der Waals surface area contributed by atoms with Gasteiger partial charge in [-0.15, -0.1) is 0 Å². The summed E-state index contributed by atoms with van der Waals surface area (Å²) < 4.78 is 15.0. The molecule has 0 radical (unpaired) electrons. The summed E-state index contributed by atoms with van der Waals surface area (Å²) in [4.78, 5) is 13.4. The Labute approximate surface area is 144 Å². The molecule has 0 aliphatic carbocycles. The lowest BCUT2D eigenvalue weighted by molar-refractivity contribution is 0.251. The minimum atomic E-state index is 0.475. The van der Waals surface area contributed by atoms with Crippen molar-refractivity contribution in [3.8, 4) is 0 Å². The number of aromatic amines is 1. The average Bonchev–Trinajstić information content (AvgIpc) is 3.48. The van der Waals surface area contributed by atoms with Crippen molar-refractivity contribution in [3.63, 3.8) is 0 Å². The highest BCUT2D eigenvalue weighted by Crippen LogP contribution is 2.41. The molecular formula is C15H10N6O3S. The first kappa shape index (κ1) is 13.9. The van der Waals surface area contributed by atoms with Crippen LogP contribution in [0, 0.1) is 0 Å². The Morgan fingerprint density at radius 2 is 2.12 bits per heavy atom. The second kappa shape index (κ2) is 5.53. The molecule has 0 atom stereocenters. The van der Waals surface area contributed by atoms with Crippen LogP contribution in [0.4, 0.5) is 11.8 Å². The molecule has 124 valence electrons. The van der Waals surface area contributed by atoms with Crippen molar-refractivity contribution in [1.29, 1.82) is 0 Å². The summed E-state index contributed by atoms with van der Waals surface area (Å²) in [5.74, 6) is 1.52. The summed E-state index contributed by atoms with van der Waals surface area (Å²) in [6.45, 7) is 0. The Balaban J connectivity index is 1.73. The van der Waals surface area contributed by atoms with Crippen molar-refractivity contribution in [3.05, 3.63) is 66.0 Å². The minimum absolute atomic E-state index is 0.475. The van der Waals surface area contributed by atoms with E-state index in [0.29, 0.717) is 34.7 Å². The lowest BCUT2D eigenvalue weighted by atomic mass is 10.2. The summed E-state index contributed by atoms with van der Waals surface area (Å²) in [7, 11) is 0. The van der Waals surface area contributed by atoms with Crippen LogP contribution in [0.25, 0.3) is 11.5 Å². The predicted molar refractivity (Wildman–Crippen MR) is 88.8 cm³/mol. The van der Waals surface area contributed by atoms with Crippen LogP contribution in [0.2, 0.25) is 0 Å². The van der Waals surface area contributed by atoms with E-state index in [0.717, 1.165) is 0 Å². The van der Waals surface area contributed by atoms with Gasteiger partial charge in [-0.2, -0.15) is 9.38 Å². The van der Waals surface area contributed by atoms with Crippen LogP contribution in [-0.2, 0) is 4.84 Å². The van der Waals surface area contributed by atoms with Gasteiger partial charge in [-0.05, 0) is 23.7 Å². The first-order chi connectivity index (χ1) is 12.4. The van der Waals surface area contributed by atoms with Crippen molar-refractivity contribution in [1.82, 2.24) is 19.5 Å². The third kappa shape index (κ3) is 2.19. The summed E-state index contributed by atoms with van der Waals surface area (Å²) >= 11 is 1.33. The first-order valence-electron chi connectivity index (χ1n) is 7.28. The second-order valence-electron chi connectivity index (χ2n) is 4.99. The molecule has 4 aromatic heterocycles. The number of nitrogens with one attached hydrogen (secondary N) is 1. The number of imidazole rings is 1. The van der Waals surface area contributed by atoms with E-state index >= 15 is 0 Å². The van der Waals surface area contributed by atoms with E-state index in [9.17, 15) is 0 Å². The first-order valence-corrected chi connectivity index (χ1v) is 8.12. The fraction of sp³-hybridized carbons (Fsp3) is 0.